The highest BCUT2D eigenvalue weighted by Crippen LogP contribution is 2.25. The van der Waals surface area contributed by atoms with E-state index < -0.39 is 12.1 Å². The minimum atomic E-state index is -2.71. The molecule has 0 unspecified atom stereocenters. The SMILES string of the molecule is Cc1cc(C)c(-c2cc(C(F)F)no2)c(=O)[nH]1. The summed E-state index contributed by atoms with van der Waals surface area (Å²) in [4.78, 5) is 14.3. The number of nitrogens with zero attached hydrogens (tertiary/aromatic N) is 1. The molecule has 0 radical (unpaired) electrons. The van der Waals surface area contributed by atoms with Crippen LogP contribution in [0.3, 0.4) is 0 Å². The first-order chi connectivity index (χ1) is 7.99. The van der Waals surface area contributed by atoms with Crippen molar-refractivity contribution < 1.29 is 13.3 Å². The first-order valence-corrected chi connectivity index (χ1v) is 4.94. The van der Waals surface area contributed by atoms with Crippen molar-refractivity contribution in [3.63, 3.8) is 0 Å². The van der Waals surface area contributed by atoms with E-state index in [1.54, 1.807) is 19.9 Å². The Labute approximate surface area is 95.3 Å². The minimum absolute atomic E-state index is 0.0547. The third kappa shape index (κ3) is 2.11. The summed E-state index contributed by atoms with van der Waals surface area (Å²) < 4.78 is 29.5. The average Bonchev–Trinajstić information content (AvgIpc) is 2.65. The summed E-state index contributed by atoms with van der Waals surface area (Å²) in [5.74, 6) is 0.0547. The Bertz CT molecular complexity index is 602. The number of halogens is 2. The van der Waals surface area contributed by atoms with Gasteiger partial charge in [-0.05, 0) is 25.5 Å². The predicted molar refractivity (Wildman–Crippen MR) is 57.0 cm³/mol. The second-order valence-electron chi connectivity index (χ2n) is 3.76. The number of pyridine rings is 1. The molecule has 0 amide bonds. The summed E-state index contributed by atoms with van der Waals surface area (Å²) in [7, 11) is 0. The summed E-state index contributed by atoms with van der Waals surface area (Å²) in [6, 6.07) is 2.82. The highest BCUT2D eigenvalue weighted by atomic mass is 19.3. The lowest BCUT2D eigenvalue weighted by atomic mass is 10.1. The van der Waals surface area contributed by atoms with Crippen LogP contribution in [0.15, 0.2) is 21.5 Å². The van der Waals surface area contributed by atoms with Crippen LogP contribution < -0.4 is 5.56 Å². The zero-order valence-corrected chi connectivity index (χ0v) is 9.25. The lowest BCUT2D eigenvalue weighted by molar-refractivity contribution is 0.140. The van der Waals surface area contributed by atoms with Crippen LogP contribution in [0.25, 0.3) is 11.3 Å². The van der Waals surface area contributed by atoms with E-state index >= 15 is 0 Å². The molecule has 4 nitrogen and oxygen atoms in total. The molecule has 0 aliphatic heterocycles. The highest BCUT2D eigenvalue weighted by molar-refractivity contribution is 5.60. The molecule has 90 valence electrons. The van der Waals surface area contributed by atoms with Crippen molar-refractivity contribution in [2.45, 2.75) is 20.3 Å². The van der Waals surface area contributed by atoms with E-state index in [2.05, 4.69) is 10.1 Å². The van der Waals surface area contributed by atoms with Crippen molar-refractivity contribution in [2.24, 2.45) is 0 Å². The molecule has 2 rings (SSSR count). The zero-order valence-electron chi connectivity index (χ0n) is 9.25. The maximum atomic E-state index is 12.4. The van der Waals surface area contributed by atoms with Gasteiger partial charge in [0.05, 0.1) is 5.56 Å². The molecule has 0 saturated heterocycles. The molecule has 0 fully saturated rings. The van der Waals surface area contributed by atoms with Gasteiger partial charge in [0, 0.05) is 11.8 Å². The van der Waals surface area contributed by atoms with Crippen molar-refractivity contribution in [1.82, 2.24) is 10.1 Å². The second kappa shape index (κ2) is 4.12. The van der Waals surface area contributed by atoms with Crippen LogP contribution in [-0.2, 0) is 0 Å². The molecular weight excluding hydrogens is 230 g/mol. The minimum Gasteiger partial charge on any atom is -0.356 e. The molecule has 0 spiro atoms. The van der Waals surface area contributed by atoms with E-state index in [0.717, 1.165) is 6.07 Å². The second-order valence-corrected chi connectivity index (χ2v) is 3.76. The van der Waals surface area contributed by atoms with Gasteiger partial charge in [0.25, 0.3) is 12.0 Å². The van der Waals surface area contributed by atoms with Crippen molar-refractivity contribution >= 4 is 0 Å². The maximum absolute atomic E-state index is 12.4. The molecule has 0 bridgehead atoms. The number of hydrogen-bond donors (Lipinski definition) is 1. The lowest BCUT2D eigenvalue weighted by Crippen LogP contribution is -2.11. The van der Waals surface area contributed by atoms with Crippen molar-refractivity contribution in [3.05, 3.63) is 39.4 Å². The van der Waals surface area contributed by atoms with E-state index in [0.29, 0.717) is 11.3 Å². The molecule has 0 atom stereocenters. The molecule has 17 heavy (non-hydrogen) atoms. The quantitative estimate of drug-likeness (QED) is 0.877. The fraction of sp³-hybridized carbons (Fsp3) is 0.273. The van der Waals surface area contributed by atoms with Gasteiger partial charge < -0.3 is 9.51 Å². The van der Waals surface area contributed by atoms with E-state index in [4.69, 9.17) is 4.52 Å². The topological polar surface area (TPSA) is 58.9 Å². The summed E-state index contributed by atoms with van der Waals surface area (Å²) in [6.07, 6.45) is -2.71. The molecule has 1 N–H and O–H groups in total. The van der Waals surface area contributed by atoms with E-state index in [1.807, 2.05) is 0 Å². The van der Waals surface area contributed by atoms with Crippen LogP contribution in [0.2, 0.25) is 0 Å². The van der Waals surface area contributed by atoms with Crippen LogP contribution in [0.4, 0.5) is 8.78 Å². The number of aromatic amines is 1. The number of aryl methyl sites for hydroxylation is 2. The van der Waals surface area contributed by atoms with Gasteiger partial charge in [0.15, 0.2) is 5.76 Å². The molecule has 6 heteroatoms. The van der Waals surface area contributed by atoms with Gasteiger partial charge in [-0.25, -0.2) is 8.78 Å². The summed E-state index contributed by atoms with van der Waals surface area (Å²) >= 11 is 0. The number of H-pyrrole nitrogens is 1. The Balaban J connectivity index is 2.57. The molecule has 2 aromatic heterocycles. The summed E-state index contributed by atoms with van der Waals surface area (Å²) in [5, 5.41) is 3.22. The number of rotatable bonds is 2. The Kier molecular flexibility index (Phi) is 2.79. The van der Waals surface area contributed by atoms with Gasteiger partial charge in [-0.3, -0.25) is 4.79 Å². The summed E-state index contributed by atoms with van der Waals surface area (Å²) in [6.45, 7) is 3.45. The number of aromatic nitrogens is 2. The largest absolute Gasteiger partial charge is 0.356 e. The van der Waals surface area contributed by atoms with Crippen LogP contribution in [0, 0.1) is 13.8 Å². The van der Waals surface area contributed by atoms with E-state index in [-0.39, 0.29) is 16.9 Å². The van der Waals surface area contributed by atoms with Crippen LogP contribution >= 0.6 is 0 Å². The standard InChI is InChI=1S/C11H10F2N2O2/c1-5-3-6(2)14-11(16)9(5)8-4-7(10(12)13)15-17-8/h3-4,10H,1-2H3,(H,14,16). The third-order valence-electron chi connectivity index (χ3n) is 2.36. The van der Waals surface area contributed by atoms with Crippen LogP contribution in [-0.4, -0.2) is 10.1 Å². The van der Waals surface area contributed by atoms with Gasteiger partial charge in [0.2, 0.25) is 0 Å². The van der Waals surface area contributed by atoms with Crippen LogP contribution in [0.1, 0.15) is 23.4 Å². The van der Waals surface area contributed by atoms with Gasteiger partial charge in [-0.2, -0.15) is 0 Å². The molecule has 2 heterocycles. The monoisotopic (exact) mass is 240 g/mol. The molecular formula is C11H10F2N2O2. The first kappa shape index (κ1) is 11.5. The van der Waals surface area contributed by atoms with Gasteiger partial charge in [0.1, 0.15) is 5.69 Å². The summed E-state index contributed by atoms with van der Waals surface area (Å²) in [5.41, 5.74) is 0.738. The van der Waals surface area contributed by atoms with Crippen molar-refractivity contribution in [2.75, 3.05) is 0 Å². The molecule has 0 aromatic carbocycles. The molecule has 0 aliphatic carbocycles. The highest BCUT2D eigenvalue weighted by Gasteiger charge is 2.18. The van der Waals surface area contributed by atoms with Gasteiger partial charge >= 0.3 is 0 Å². The lowest BCUT2D eigenvalue weighted by Gasteiger charge is -2.01. The Morgan fingerprint density at radius 3 is 2.59 bits per heavy atom. The van der Waals surface area contributed by atoms with E-state index in [9.17, 15) is 13.6 Å². The Morgan fingerprint density at radius 2 is 2.06 bits per heavy atom. The van der Waals surface area contributed by atoms with Gasteiger partial charge in [-0.1, -0.05) is 5.16 Å². The Morgan fingerprint density at radius 1 is 1.35 bits per heavy atom. The first-order valence-electron chi connectivity index (χ1n) is 4.94. The van der Waals surface area contributed by atoms with Crippen LogP contribution in [0.5, 0.6) is 0 Å². The fourth-order valence-electron chi connectivity index (χ4n) is 1.67. The van der Waals surface area contributed by atoms with Crippen molar-refractivity contribution in [1.29, 1.82) is 0 Å². The molecule has 0 aliphatic rings. The predicted octanol–water partition coefficient (Wildman–Crippen LogP) is 2.58. The smallest absolute Gasteiger partial charge is 0.283 e. The van der Waals surface area contributed by atoms with Gasteiger partial charge in [-0.15, -0.1) is 0 Å². The normalized spacial score (nSPS) is 11.1. The fourth-order valence-corrected chi connectivity index (χ4v) is 1.67. The third-order valence-corrected chi connectivity index (χ3v) is 2.36. The van der Waals surface area contributed by atoms with E-state index in [1.165, 1.54) is 0 Å². The number of hydrogen-bond acceptors (Lipinski definition) is 3. The zero-order chi connectivity index (χ0) is 12.6. The molecule has 0 saturated carbocycles. The van der Waals surface area contributed by atoms with Crippen molar-refractivity contribution in [3.8, 4) is 11.3 Å². The average molecular weight is 240 g/mol. The number of nitrogens with one attached hydrogen (secondary N) is 1. The maximum Gasteiger partial charge on any atom is 0.283 e. The Hall–Kier alpha value is -1.98. The number of alkyl halides is 2. The molecule has 2 aromatic rings.